The van der Waals surface area contributed by atoms with Gasteiger partial charge in [0.15, 0.2) is 5.75 Å². The van der Waals surface area contributed by atoms with Gasteiger partial charge in [-0.3, -0.25) is 4.79 Å². The number of nitrogens with one attached hydrogen (secondary N) is 1. The number of amides is 1. The molecule has 1 heterocycles. The molecule has 0 saturated carbocycles. The van der Waals surface area contributed by atoms with Gasteiger partial charge in [-0.25, -0.2) is 9.98 Å². The van der Waals surface area contributed by atoms with E-state index < -0.39 is 18.0 Å². The molecule has 1 amide bonds. The highest BCUT2D eigenvalue weighted by Crippen LogP contribution is 2.32. The number of halogens is 3. The number of alkyl halides is 3. The van der Waals surface area contributed by atoms with Crippen molar-refractivity contribution in [3.05, 3.63) is 47.8 Å². The standard InChI is InChI=1S/C19H18F3N5O2/c1-10-4-6-14-17(24-9-27(14)3)16(10)26-11(2)25-13-8-12(18(23)28)5-7-15(13)29-19(20,21)22/h4-9H,1-3H3,(H2,23,28)(H,25,26). The van der Waals surface area contributed by atoms with Gasteiger partial charge in [-0.15, -0.1) is 13.2 Å². The lowest BCUT2D eigenvalue weighted by atomic mass is 10.1. The monoisotopic (exact) mass is 405 g/mol. The van der Waals surface area contributed by atoms with Crippen molar-refractivity contribution in [1.29, 1.82) is 0 Å². The summed E-state index contributed by atoms with van der Waals surface area (Å²) in [5.41, 5.74) is 8.10. The number of carbonyl (C=O) groups is 1. The Kier molecular flexibility index (Phi) is 5.19. The van der Waals surface area contributed by atoms with E-state index in [0.29, 0.717) is 11.2 Å². The van der Waals surface area contributed by atoms with Gasteiger partial charge in [-0.1, -0.05) is 6.07 Å². The summed E-state index contributed by atoms with van der Waals surface area (Å²) in [4.78, 5) is 20.2. The van der Waals surface area contributed by atoms with E-state index in [0.717, 1.165) is 23.2 Å². The van der Waals surface area contributed by atoms with E-state index in [4.69, 9.17) is 5.73 Å². The fourth-order valence-corrected chi connectivity index (χ4v) is 2.81. The zero-order chi connectivity index (χ0) is 21.3. The highest BCUT2D eigenvalue weighted by atomic mass is 19.4. The summed E-state index contributed by atoms with van der Waals surface area (Å²) in [6.45, 7) is 3.43. The number of nitrogens with two attached hydrogens (primary N) is 1. The molecule has 0 aliphatic carbocycles. The molecule has 2 aromatic carbocycles. The topological polar surface area (TPSA) is 94.5 Å². The van der Waals surface area contributed by atoms with Crippen molar-refractivity contribution in [2.75, 3.05) is 5.32 Å². The highest BCUT2D eigenvalue weighted by molar-refractivity contribution is 6.01. The number of amidine groups is 1. The molecule has 0 bridgehead atoms. The zero-order valence-electron chi connectivity index (χ0n) is 15.8. The minimum atomic E-state index is -4.90. The maximum absolute atomic E-state index is 12.7. The average Bonchev–Trinajstić information content (AvgIpc) is 2.99. The van der Waals surface area contributed by atoms with Gasteiger partial charge in [0.2, 0.25) is 5.91 Å². The van der Waals surface area contributed by atoms with Gasteiger partial charge >= 0.3 is 6.36 Å². The Morgan fingerprint density at radius 1 is 1.28 bits per heavy atom. The highest BCUT2D eigenvalue weighted by Gasteiger charge is 2.32. The van der Waals surface area contributed by atoms with Gasteiger partial charge in [0, 0.05) is 12.6 Å². The number of hydrogen-bond donors (Lipinski definition) is 2. The molecule has 3 aromatic rings. The van der Waals surface area contributed by atoms with Crippen molar-refractivity contribution in [3.8, 4) is 5.75 Å². The molecule has 3 rings (SSSR count). The molecule has 0 aliphatic heterocycles. The maximum Gasteiger partial charge on any atom is 0.573 e. The number of aliphatic imine (C=N–C) groups is 1. The Morgan fingerprint density at radius 2 is 2.00 bits per heavy atom. The molecule has 0 unspecified atom stereocenters. The molecule has 0 fully saturated rings. The van der Waals surface area contributed by atoms with Gasteiger partial charge in [-0.2, -0.15) is 0 Å². The minimum absolute atomic E-state index is 0.0258. The molecular weight excluding hydrogens is 387 g/mol. The van der Waals surface area contributed by atoms with Crippen LogP contribution in [0.25, 0.3) is 11.0 Å². The van der Waals surface area contributed by atoms with Crippen LogP contribution in [0.5, 0.6) is 5.75 Å². The smallest absolute Gasteiger partial charge is 0.404 e. The maximum atomic E-state index is 12.7. The summed E-state index contributed by atoms with van der Waals surface area (Å²) in [5.74, 6) is -1.01. The first-order valence-corrected chi connectivity index (χ1v) is 8.47. The molecular formula is C19H18F3N5O2. The van der Waals surface area contributed by atoms with Crippen LogP contribution in [-0.4, -0.2) is 27.7 Å². The largest absolute Gasteiger partial charge is 0.573 e. The number of primary amides is 1. The third kappa shape index (κ3) is 4.48. The fourth-order valence-electron chi connectivity index (χ4n) is 2.81. The summed E-state index contributed by atoms with van der Waals surface area (Å²) < 4.78 is 44.0. The quantitative estimate of drug-likeness (QED) is 0.506. The number of rotatable bonds is 4. The predicted molar refractivity (Wildman–Crippen MR) is 103 cm³/mol. The number of anilines is 1. The molecule has 29 heavy (non-hydrogen) atoms. The van der Waals surface area contributed by atoms with Crippen LogP contribution in [0.2, 0.25) is 0 Å². The molecule has 0 saturated heterocycles. The van der Waals surface area contributed by atoms with E-state index in [1.54, 1.807) is 13.3 Å². The van der Waals surface area contributed by atoms with Crippen molar-refractivity contribution >= 4 is 34.2 Å². The lowest BCUT2D eigenvalue weighted by Gasteiger charge is -2.15. The van der Waals surface area contributed by atoms with Gasteiger partial charge in [-0.05, 0) is 43.7 Å². The molecule has 1 aromatic heterocycles. The molecule has 7 nitrogen and oxygen atoms in total. The lowest BCUT2D eigenvalue weighted by molar-refractivity contribution is -0.274. The minimum Gasteiger partial charge on any atom is -0.404 e. The Labute approximate surface area is 164 Å². The van der Waals surface area contributed by atoms with Crippen LogP contribution in [0, 0.1) is 6.92 Å². The van der Waals surface area contributed by atoms with Crippen LogP contribution in [-0.2, 0) is 7.05 Å². The number of hydrogen-bond acceptors (Lipinski definition) is 4. The first-order chi connectivity index (χ1) is 13.5. The number of benzene rings is 2. The third-order valence-corrected chi connectivity index (χ3v) is 4.16. The Bertz CT molecular complexity index is 1120. The average molecular weight is 405 g/mol. The number of imidazole rings is 1. The molecule has 152 valence electrons. The van der Waals surface area contributed by atoms with Crippen molar-refractivity contribution in [2.24, 2.45) is 17.8 Å². The van der Waals surface area contributed by atoms with Gasteiger partial charge in [0.05, 0.1) is 23.2 Å². The number of fused-ring (bicyclic) bond motifs is 1. The van der Waals surface area contributed by atoms with Gasteiger partial charge in [0.1, 0.15) is 11.4 Å². The number of ether oxygens (including phenoxy) is 1. The van der Waals surface area contributed by atoms with Crippen molar-refractivity contribution in [2.45, 2.75) is 20.2 Å². The van der Waals surface area contributed by atoms with Crippen LogP contribution >= 0.6 is 0 Å². The van der Waals surface area contributed by atoms with Crippen LogP contribution < -0.4 is 15.8 Å². The molecule has 0 radical (unpaired) electrons. The van der Waals surface area contributed by atoms with E-state index in [1.807, 2.05) is 30.7 Å². The Morgan fingerprint density at radius 3 is 2.66 bits per heavy atom. The fraction of sp³-hybridized carbons (Fsp3) is 0.211. The number of carbonyl (C=O) groups excluding carboxylic acids is 1. The normalized spacial score (nSPS) is 12.3. The second-order valence-corrected chi connectivity index (χ2v) is 6.40. The van der Waals surface area contributed by atoms with E-state index in [1.165, 1.54) is 6.07 Å². The van der Waals surface area contributed by atoms with Crippen LogP contribution in [0.4, 0.5) is 24.5 Å². The Balaban J connectivity index is 2.02. The van der Waals surface area contributed by atoms with E-state index >= 15 is 0 Å². The van der Waals surface area contributed by atoms with Gasteiger partial charge < -0.3 is 20.4 Å². The summed E-state index contributed by atoms with van der Waals surface area (Å²) in [6, 6.07) is 7.14. The summed E-state index contributed by atoms with van der Waals surface area (Å²) in [7, 11) is 1.85. The van der Waals surface area contributed by atoms with Crippen LogP contribution in [0.3, 0.4) is 0 Å². The van der Waals surface area contributed by atoms with Crippen molar-refractivity contribution < 1.29 is 22.7 Å². The number of nitrogens with zero attached hydrogens (tertiary/aromatic N) is 3. The molecule has 0 aliphatic rings. The van der Waals surface area contributed by atoms with Gasteiger partial charge in [0.25, 0.3) is 0 Å². The van der Waals surface area contributed by atoms with Crippen molar-refractivity contribution in [3.63, 3.8) is 0 Å². The molecule has 3 N–H and O–H groups in total. The van der Waals surface area contributed by atoms with E-state index in [9.17, 15) is 18.0 Å². The van der Waals surface area contributed by atoms with E-state index in [-0.39, 0.29) is 17.1 Å². The van der Waals surface area contributed by atoms with E-state index in [2.05, 4.69) is 20.0 Å². The number of aromatic nitrogens is 2. The summed E-state index contributed by atoms with van der Waals surface area (Å²) in [5, 5.41) is 2.76. The summed E-state index contributed by atoms with van der Waals surface area (Å²) >= 11 is 0. The van der Waals surface area contributed by atoms with Crippen LogP contribution in [0.1, 0.15) is 22.8 Å². The van der Waals surface area contributed by atoms with Crippen molar-refractivity contribution in [1.82, 2.24) is 9.55 Å². The predicted octanol–water partition coefficient (Wildman–Crippen LogP) is 4.04. The first kappa shape index (κ1) is 20.2. The summed E-state index contributed by atoms with van der Waals surface area (Å²) in [6.07, 6.45) is -3.25. The second kappa shape index (κ2) is 7.46. The molecule has 0 atom stereocenters. The molecule has 0 spiro atoms. The third-order valence-electron chi connectivity index (χ3n) is 4.16. The zero-order valence-corrected chi connectivity index (χ0v) is 15.8. The first-order valence-electron chi connectivity index (χ1n) is 8.47. The Hall–Kier alpha value is -3.56. The lowest BCUT2D eigenvalue weighted by Crippen LogP contribution is -2.20. The SMILES string of the molecule is CC(=Nc1c(C)ccc2c1ncn2C)Nc1cc(C(N)=O)ccc1OC(F)(F)F. The number of aryl methyl sites for hydroxylation is 2. The molecule has 10 heteroatoms. The van der Waals surface area contributed by atoms with Crippen LogP contribution in [0.15, 0.2) is 41.7 Å². The second-order valence-electron chi connectivity index (χ2n) is 6.40.